The Morgan fingerprint density at radius 3 is 3.11 bits per heavy atom. The highest BCUT2D eigenvalue weighted by atomic mass is 35.5. The van der Waals surface area contributed by atoms with E-state index in [2.05, 4.69) is 15.6 Å². The predicted molar refractivity (Wildman–Crippen MR) is 73.7 cm³/mol. The molecule has 2 rings (SSSR count). The summed E-state index contributed by atoms with van der Waals surface area (Å²) in [4.78, 5) is 15.9. The standard InChI is InChI=1S/C13H19N3O.ClH/c1-10(11-4-2-6-14-9-11)16-13(17)8-12-5-3-7-15-12;/h2,4,6,9-10,12,15H,3,5,7-8H2,1H3,(H,16,17);1H. The maximum atomic E-state index is 11.8. The van der Waals surface area contributed by atoms with Gasteiger partial charge in [-0.3, -0.25) is 9.78 Å². The molecule has 1 fully saturated rings. The Morgan fingerprint density at radius 2 is 2.50 bits per heavy atom. The van der Waals surface area contributed by atoms with Gasteiger partial charge < -0.3 is 10.6 Å². The summed E-state index contributed by atoms with van der Waals surface area (Å²) in [5.74, 6) is 0.112. The molecule has 0 bridgehead atoms. The van der Waals surface area contributed by atoms with E-state index in [9.17, 15) is 4.79 Å². The van der Waals surface area contributed by atoms with Gasteiger partial charge in [0.1, 0.15) is 0 Å². The normalized spacial score (nSPS) is 19.9. The summed E-state index contributed by atoms with van der Waals surface area (Å²) in [6.45, 7) is 3.02. The zero-order chi connectivity index (χ0) is 12.1. The highest BCUT2D eigenvalue weighted by Gasteiger charge is 2.18. The number of pyridine rings is 1. The van der Waals surface area contributed by atoms with Crippen LogP contribution < -0.4 is 10.6 Å². The van der Waals surface area contributed by atoms with Gasteiger partial charge in [0.2, 0.25) is 5.91 Å². The molecule has 4 nitrogen and oxygen atoms in total. The largest absolute Gasteiger partial charge is 0.349 e. The van der Waals surface area contributed by atoms with Crippen LogP contribution in [-0.2, 0) is 4.79 Å². The van der Waals surface area contributed by atoms with E-state index >= 15 is 0 Å². The Kier molecular flexibility index (Phi) is 6.09. The number of nitrogens with zero attached hydrogens (tertiary/aromatic N) is 1. The van der Waals surface area contributed by atoms with Gasteiger partial charge in [0.15, 0.2) is 0 Å². The molecule has 18 heavy (non-hydrogen) atoms. The lowest BCUT2D eigenvalue weighted by molar-refractivity contribution is -0.122. The van der Waals surface area contributed by atoms with Crippen molar-refractivity contribution in [1.82, 2.24) is 15.6 Å². The minimum Gasteiger partial charge on any atom is -0.349 e. The molecular weight excluding hydrogens is 250 g/mol. The van der Waals surface area contributed by atoms with Crippen molar-refractivity contribution in [2.24, 2.45) is 0 Å². The van der Waals surface area contributed by atoms with E-state index in [1.807, 2.05) is 19.1 Å². The van der Waals surface area contributed by atoms with E-state index in [-0.39, 0.29) is 24.4 Å². The van der Waals surface area contributed by atoms with Crippen molar-refractivity contribution < 1.29 is 4.79 Å². The Hall–Kier alpha value is -1.13. The number of carbonyl (C=O) groups excluding carboxylic acids is 1. The van der Waals surface area contributed by atoms with Crippen LogP contribution in [0.5, 0.6) is 0 Å². The average molecular weight is 270 g/mol. The number of aromatic nitrogens is 1. The third-order valence-corrected chi connectivity index (χ3v) is 3.16. The van der Waals surface area contributed by atoms with Gasteiger partial charge in [0.05, 0.1) is 6.04 Å². The second-order valence-electron chi connectivity index (χ2n) is 4.57. The number of nitrogens with one attached hydrogen (secondary N) is 2. The predicted octanol–water partition coefficient (Wildman–Crippen LogP) is 1.82. The second kappa shape index (κ2) is 7.34. The first-order chi connectivity index (χ1) is 8.25. The molecule has 0 aliphatic carbocycles. The highest BCUT2D eigenvalue weighted by molar-refractivity contribution is 5.85. The van der Waals surface area contributed by atoms with E-state index < -0.39 is 0 Å². The SMILES string of the molecule is CC(NC(=O)CC1CCCN1)c1cccnc1.Cl. The monoisotopic (exact) mass is 269 g/mol. The first-order valence-electron chi connectivity index (χ1n) is 6.18. The molecule has 1 aromatic heterocycles. The number of halogens is 1. The van der Waals surface area contributed by atoms with Crippen molar-refractivity contribution in [1.29, 1.82) is 0 Å². The molecule has 1 aromatic rings. The van der Waals surface area contributed by atoms with Crippen LogP contribution in [0, 0.1) is 0 Å². The highest BCUT2D eigenvalue weighted by Crippen LogP contribution is 2.12. The summed E-state index contributed by atoms with van der Waals surface area (Å²) >= 11 is 0. The maximum Gasteiger partial charge on any atom is 0.222 e. The topological polar surface area (TPSA) is 54.0 Å². The summed E-state index contributed by atoms with van der Waals surface area (Å²) in [6.07, 6.45) is 6.38. The van der Waals surface area contributed by atoms with Gasteiger partial charge >= 0.3 is 0 Å². The van der Waals surface area contributed by atoms with Crippen LogP contribution in [0.4, 0.5) is 0 Å². The third kappa shape index (κ3) is 4.27. The van der Waals surface area contributed by atoms with Crippen molar-refractivity contribution in [2.75, 3.05) is 6.54 Å². The van der Waals surface area contributed by atoms with Crippen LogP contribution in [0.25, 0.3) is 0 Å². The molecule has 2 heterocycles. The van der Waals surface area contributed by atoms with Crippen LogP contribution in [-0.4, -0.2) is 23.5 Å². The summed E-state index contributed by atoms with van der Waals surface area (Å²) in [7, 11) is 0. The summed E-state index contributed by atoms with van der Waals surface area (Å²) in [5, 5.41) is 6.33. The molecule has 1 aliphatic rings. The van der Waals surface area contributed by atoms with Crippen molar-refractivity contribution >= 4 is 18.3 Å². The molecule has 0 radical (unpaired) electrons. The molecule has 0 aromatic carbocycles. The van der Waals surface area contributed by atoms with E-state index in [0.29, 0.717) is 12.5 Å². The molecule has 1 saturated heterocycles. The third-order valence-electron chi connectivity index (χ3n) is 3.16. The maximum absolute atomic E-state index is 11.8. The molecule has 0 spiro atoms. The number of hydrogen-bond donors (Lipinski definition) is 2. The molecule has 100 valence electrons. The van der Waals surface area contributed by atoms with Crippen LogP contribution in [0.15, 0.2) is 24.5 Å². The number of hydrogen-bond acceptors (Lipinski definition) is 3. The molecule has 2 atom stereocenters. The lowest BCUT2D eigenvalue weighted by atomic mass is 10.1. The molecule has 1 aliphatic heterocycles. The van der Waals surface area contributed by atoms with E-state index in [4.69, 9.17) is 0 Å². The molecule has 0 saturated carbocycles. The van der Waals surface area contributed by atoms with Crippen molar-refractivity contribution in [3.8, 4) is 0 Å². The smallest absolute Gasteiger partial charge is 0.222 e. The van der Waals surface area contributed by atoms with Gasteiger partial charge in [-0.2, -0.15) is 0 Å². The molecular formula is C13H20ClN3O. The van der Waals surface area contributed by atoms with Gasteiger partial charge in [-0.15, -0.1) is 12.4 Å². The molecule has 2 unspecified atom stereocenters. The fourth-order valence-electron chi connectivity index (χ4n) is 2.17. The first-order valence-corrected chi connectivity index (χ1v) is 6.18. The number of amides is 1. The van der Waals surface area contributed by atoms with Gasteiger partial charge in [0, 0.05) is 24.9 Å². The summed E-state index contributed by atoms with van der Waals surface area (Å²) < 4.78 is 0. The summed E-state index contributed by atoms with van der Waals surface area (Å²) in [5.41, 5.74) is 1.04. The average Bonchev–Trinajstić information content (AvgIpc) is 2.82. The fourth-order valence-corrected chi connectivity index (χ4v) is 2.17. The quantitative estimate of drug-likeness (QED) is 0.877. The van der Waals surface area contributed by atoms with Crippen molar-refractivity contribution in [3.63, 3.8) is 0 Å². The lowest BCUT2D eigenvalue weighted by Gasteiger charge is -2.16. The molecule has 1 amide bonds. The lowest BCUT2D eigenvalue weighted by Crippen LogP contribution is -2.33. The number of rotatable bonds is 4. The van der Waals surface area contributed by atoms with Crippen LogP contribution in [0.3, 0.4) is 0 Å². The second-order valence-corrected chi connectivity index (χ2v) is 4.57. The van der Waals surface area contributed by atoms with E-state index in [1.54, 1.807) is 12.4 Å². The number of carbonyl (C=O) groups is 1. The van der Waals surface area contributed by atoms with Gasteiger partial charge in [-0.05, 0) is 37.9 Å². The Labute approximate surface area is 114 Å². The van der Waals surface area contributed by atoms with Gasteiger partial charge in [-0.25, -0.2) is 0 Å². The first kappa shape index (κ1) is 14.9. The van der Waals surface area contributed by atoms with Crippen molar-refractivity contribution in [2.45, 2.75) is 38.3 Å². The van der Waals surface area contributed by atoms with Crippen LogP contribution in [0.1, 0.15) is 37.8 Å². The Balaban J connectivity index is 0.00000162. The molecule has 2 N–H and O–H groups in total. The van der Waals surface area contributed by atoms with Gasteiger partial charge in [-0.1, -0.05) is 6.07 Å². The fraction of sp³-hybridized carbons (Fsp3) is 0.538. The zero-order valence-corrected chi connectivity index (χ0v) is 11.4. The Bertz CT molecular complexity index is 366. The zero-order valence-electron chi connectivity index (χ0n) is 10.6. The molecule has 5 heteroatoms. The van der Waals surface area contributed by atoms with Crippen molar-refractivity contribution in [3.05, 3.63) is 30.1 Å². The minimum absolute atomic E-state index is 0. The van der Waals surface area contributed by atoms with Crippen LogP contribution >= 0.6 is 12.4 Å². The van der Waals surface area contributed by atoms with E-state index in [0.717, 1.165) is 18.5 Å². The van der Waals surface area contributed by atoms with Gasteiger partial charge in [0.25, 0.3) is 0 Å². The minimum atomic E-state index is 0. The Morgan fingerprint density at radius 1 is 1.67 bits per heavy atom. The van der Waals surface area contributed by atoms with E-state index in [1.165, 1.54) is 6.42 Å². The van der Waals surface area contributed by atoms with Crippen LogP contribution in [0.2, 0.25) is 0 Å². The summed E-state index contributed by atoms with van der Waals surface area (Å²) in [6, 6.07) is 4.25.